The first kappa shape index (κ1) is 83.5. The van der Waals surface area contributed by atoms with Gasteiger partial charge < -0.3 is 75.8 Å². The fourth-order valence-electron chi connectivity index (χ4n) is 12.5. The van der Waals surface area contributed by atoms with Gasteiger partial charge >= 0.3 is 23.9 Å². The Balaban J connectivity index is 1.15. The van der Waals surface area contributed by atoms with E-state index in [0.29, 0.717) is 19.4 Å². The van der Waals surface area contributed by atoms with Gasteiger partial charge in [0.1, 0.15) is 61.5 Å². The molecule has 107 heavy (non-hydrogen) atoms. The summed E-state index contributed by atoms with van der Waals surface area (Å²) in [5.41, 5.74) is 1.99. The van der Waals surface area contributed by atoms with Crippen LogP contribution in [0, 0.1) is 16.2 Å². The van der Waals surface area contributed by atoms with Crippen LogP contribution in [0.3, 0.4) is 0 Å². The second-order valence-corrected chi connectivity index (χ2v) is 30.6. The monoisotopic (exact) mass is 1480 g/mol. The lowest BCUT2D eigenvalue weighted by Crippen LogP contribution is -2.65. The maximum atomic E-state index is 14.8. The lowest BCUT2D eigenvalue weighted by Gasteiger charge is -2.49. The summed E-state index contributed by atoms with van der Waals surface area (Å²) in [5, 5.41) is 0. The number of carbonyl (C=O) groups excluding carboxylic acids is 4. The molecule has 580 valence electrons. The van der Waals surface area contributed by atoms with Gasteiger partial charge in [0.2, 0.25) is 0 Å². The molecular formula is C87H112O20. The average molecular weight is 1480 g/mol. The Kier molecular flexibility index (Phi) is 32.7. The van der Waals surface area contributed by atoms with Crippen molar-refractivity contribution in [2.45, 2.75) is 239 Å². The Morgan fingerprint density at radius 2 is 0.626 bits per heavy atom. The van der Waals surface area contributed by atoms with Gasteiger partial charge in [0.25, 0.3) is 0 Å². The molecule has 3 aliphatic rings. The van der Waals surface area contributed by atoms with Crippen molar-refractivity contribution in [3.63, 3.8) is 0 Å². The second kappa shape index (κ2) is 41.9. The van der Waals surface area contributed by atoms with Gasteiger partial charge in [-0.15, -0.1) is 0 Å². The van der Waals surface area contributed by atoms with E-state index in [0.717, 1.165) is 59.1 Å². The molecule has 15 atom stereocenters. The van der Waals surface area contributed by atoms with Gasteiger partial charge in [0, 0.05) is 20.6 Å². The van der Waals surface area contributed by atoms with Crippen molar-refractivity contribution in [3.8, 4) is 0 Å². The van der Waals surface area contributed by atoms with Crippen molar-refractivity contribution in [2.75, 3.05) is 33.5 Å². The first-order chi connectivity index (χ1) is 51.5. The molecular weight excluding hydrogens is 1360 g/mol. The van der Waals surface area contributed by atoms with Gasteiger partial charge in [0.05, 0.1) is 75.2 Å². The van der Waals surface area contributed by atoms with Gasteiger partial charge in [-0.1, -0.05) is 201 Å². The van der Waals surface area contributed by atoms with E-state index in [2.05, 4.69) is 12.2 Å². The minimum atomic E-state index is -1.49. The van der Waals surface area contributed by atoms with Gasteiger partial charge in [0.15, 0.2) is 30.9 Å². The molecule has 20 nitrogen and oxygen atoms in total. The number of hydrogen-bond donors (Lipinski definition) is 0. The van der Waals surface area contributed by atoms with Gasteiger partial charge in [-0.3, -0.25) is 19.2 Å². The second-order valence-electron chi connectivity index (χ2n) is 30.6. The maximum absolute atomic E-state index is 14.8. The lowest BCUT2D eigenvalue weighted by atomic mass is 9.90. The van der Waals surface area contributed by atoms with Crippen molar-refractivity contribution >= 4 is 23.9 Å². The summed E-state index contributed by atoms with van der Waals surface area (Å²) in [6.07, 6.45) is -8.06. The minimum Gasteiger partial charge on any atom is -0.463 e. The van der Waals surface area contributed by atoms with E-state index >= 15 is 0 Å². The molecule has 3 fully saturated rings. The summed E-state index contributed by atoms with van der Waals surface area (Å²) < 4.78 is 109. The highest BCUT2D eigenvalue weighted by Crippen LogP contribution is 2.39. The Labute approximate surface area is 632 Å². The Hall–Kier alpha value is -7.54. The number of benzene rings is 6. The Morgan fingerprint density at radius 3 is 0.944 bits per heavy atom. The van der Waals surface area contributed by atoms with Crippen LogP contribution in [0.5, 0.6) is 0 Å². The van der Waals surface area contributed by atoms with E-state index in [4.69, 9.17) is 75.8 Å². The molecule has 6 unspecified atom stereocenters. The van der Waals surface area contributed by atoms with E-state index in [-0.39, 0.29) is 59.5 Å². The summed E-state index contributed by atoms with van der Waals surface area (Å²) in [5.74, 6) is -2.20. The average Bonchev–Trinajstić information content (AvgIpc) is 0.781. The predicted molar refractivity (Wildman–Crippen MR) is 401 cm³/mol. The first-order valence-electron chi connectivity index (χ1n) is 37.6. The molecule has 3 aliphatic heterocycles. The molecule has 3 heterocycles. The summed E-state index contributed by atoms with van der Waals surface area (Å²) in [6, 6.07) is 57.7. The zero-order valence-corrected chi connectivity index (χ0v) is 64.1. The smallest absolute Gasteiger partial charge is 0.311 e. The molecule has 3 saturated heterocycles. The van der Waals surface area contributed by atoms with E-state index < -0.39 is 132 Å². The summed E-state index contributed by atoms with van der Waals surface area (Å²) in [6.45, 7) is 17.4. The molecule has 0 N–H and O–H groups in total. The number of hydrogen-bond acceptors (Lipinski definition) is 20. The third-order valence-corrected chi connectivity index (χ3v) is 18.5. The van der Waals surface area contributed by atoms with Gasteiger partial charge in [-0.25, -0.2) is 0 Å². The van der Waals surface area contributed by atoms with Crippen LogP contribution in [-0.4, -0.2) is 149 Å². The Bertz CT molecular complexity index is 3580. The van der Waals surface area contributed by atoms with E-state index in [1.807, 2.05) is 203 Å². The van der Waals surface area contributed by atoms with Crippen LogP contribution in [0.25, 0.3) is 0 Å². The van der Waals surface area contributed by atoms with Crippen LogP contribution in [0.1, 0.15) is 141 Å². The van der Waals surface area contributed by atoms with Crippen molar-refractivity contribution in [1.29, 1.82) is 0 Å². The van der Waals surface area contributed by atoms with E-state index in [9.17, 15) is 19.2 Å². The zero-order valence-electron chi connectivity index (χ0n) is 64.1. The number of ether oxygens (including phenoxy) is 16. The number of esters is 4. The van der Waals surface area contributed by atoms with Crippen LogP contribution < -0.4 is 0 Å². The number of rotatable bonds is 38. The Morgan fingerprint density at radius 1 is 0.336 bits per heavy atom. The highest BCUT2D eigenvalue weighted by molar-refractivity contribution is 5.76. The third kappa shape index (κ3) is 26.4. The molecule has 0 aromatic heterocycles. The fraction of sp³-hybridized carbons (Fsp3) is 0.517. The SMILES string of the molecule is COCCC/C=C\CCCC[C@@H]1OC(CO[C@@H]2OC(CO[C@@H]3OC(COC(C)=O)[C@H](OCc4ccccc4)[C@H](OCc4ccccc4)C3OC(=O)C(C)(C)C)[C@H](OCc3ccccc3)[C@H](OCc3ccccc3)C2OC(=O)C(C)(C)C)[C@H](OCc2ccccc2)[C@H](OCc2ccccc2)C1OC(=O)C(C)(C)C. The van der Waals surface area contributed by atoms with Crippen LogP contribution in [-0.2, 0) is 135 Å². The van der Waals surface area contributed by atoms with E-state index in [1.54, 1.807) is 48.7 Å². The van der Waals surface area contributed by atoms with Crippen LogP contribution >= 0.6 is 0 Å². The number of unbranched alkanes of at least 4 members (excludes halogenated alkanes) is 3. The van der Waals surface area contributed by atoms with Crippen LogP contribution in [0.15, 0.2) is 194 Å². The molecule has 0 saturated carbocycles. The highest BCUT2D eigenvalue weighted by atomic mass is 16.8. The normalized spacial score (nSPS) is 24.9. The highest BCUT2D eigenvalue weighted by Gasteiger charge is 2.56. The standard InChI is InChI=1S/C87H112O20/c1-60(88)93-57-69-72(95-52-62-39-25-18-26-40-62)76(98-55-65-45-31-21-32-46-65)78(106-83(90)86(5,6)7)81(103-69)101-59-70-73(96-53-63-41-27-19-28-42-63)77(99-56-66-47-33-22-34-48-66)79(107-84(91)87(8,9)10)80(104-70)100-58-68-71(94-51-61-37-23-17-24-38-61)75(97-54-64-43-29-20-30-44-64)74(105-82(89)85(2,3)4)67(102-68)49-35-15-13-12-14-16-36-50-92-11/h12,14,17-34,37-48,67-81H,13,15-16,35-36,49-59H2,1-11H3/b14-12-/t67-,68?,69?,70?,71-,72-,73-,74?,75-,76-,77-,78?,79?,80+,81+/m0/s1. The molecule has 9 rings (SSSR count). The van der Waals surface area contributed by atoms with Crippen LogP contribution in [0.4, 0.5) is 0 Å². The largest absolute Gasteiger partial charge is 0.463 e. The van der Waals surface area contributed by atoms with Gasteiger partial charge in [-0.2, -0.15) is 0 Å². The molecule has 0 aliphatic carbocycles. The van der Waals surface area contributed by atoms with Crippen molar-refractivity contribution < 1.29 is 95.0 Å². The van der Waals surface area contributed by atoms with Crippen molar-refractivity contribution in [3.05, 3.63) is 228 Å². The van der Waals surface area contributed by atoms with Crippen LogP contribution in [0.2, 0.25) is 0 Å². The topological polar surface area (TPSA) is 216 Å². The summed E-state index contributed by atoms with van der Waals surface area (Å²) in [7, 11) is 1.70. The molecule has 20 heteroatoms. The quantitative estimate of drug-likeness (QED) is 0.0152. The minimum absolute atomic E-state index is 0.0152. The fourth-order valence-corrected chi connectivity index (χ4v) is 12.5. The number of allylic oxidation sites excluding steroid dienone is 2. The summed E-state index contributed by atoms with van der Waals surface area (Å²) in [4.78, 5) is 56.7. The number of methoxy groups -OCH3 is 1. The zero-order chi connectivity index (χ0) is 76.2. The molecule has 0 radical (unpaired) electrons. The lowest BCUT2D eigenvalue weighted by molar-refractivity contribution is -0.351. The van der Waals surface area contributed by atoms with Crippen molar-refractivity contribution in [1.82, 2.24) is 0 Å². The molecule has 0 spiro atoms. The first-order valence-corrected chi connectivity index (χ1v) is 37.6. The van der Waals surface area contributed by atoms with Crippen molar-refractivity contribution in [2.24, 2.45) is 16.2 Å². The molecule has 0 bridgehead atoms. The molecule has 0 amide bonds. The summed E-state index contributed by atoms with van der Waals surface area (Å²) >= 11 is 0. The molecule has 6 aromatic carbocycles. The van der Waals surface area contributed by atoms with Gasteiger partial charge in [-0.05, 0) is 128 Å². The predicted octanol–water partition coefficient (Wildman–Crippen LogP) is 14.7. The number of carbonyl (C=O) groups is 4. The third-order valence-electron chi connectivity index (χ3n) is 18.5. The molecule has 6 aromatic rings. The maximum Gasteiger partial charge on any atom is 0.311 e. The van der Waals surface area contributed by atoms with E-state index in [1.165, 1.54) is 6.92 Å².